The number of aromatic nitrogens is 4. The SMILES string of the molecule is C1CCN2C[C@@H](c3nn[nH]n3)C[C@@H]2C1. The third-order valence-corrected chi connectivity index (χ3v) is 3.49. The standard InChI is InChI=1S/C9H15N5/c1-2-4-14-6-7(5-8(14)3-1)9-10-12-13-11-9/h7-8H,1-6H2,(H,10,11,12,13)/t7-,8-/m0/s1. The molecule has 0 aromatic carbocycles. The van der Waals surface area contributed by atoms with Crippen LogP contribution >= 0.6 is 0 Å². The Kier molecular flexibility index (Phi) is 1.97. The average molecular weight is 193 g/mol. The van der Waals surface area contributed by atoms with E-state index < -0.39 is 0 Å². The second-order valence-corrected chi connectivity index (χ2v) is 4.35. The van der Waals surface area contributed by atoms with Crippen molar-refractivity contribution in [3.05, 3.63) is 5.82 Å². The van der Waals surface area contributed by atoms with Crippen molar-refractivity contribution >= 4 is 0 Å². The molecule has 2 aliphatic rings. The molecule has 5 heteroatoms. The summed E-state index contributed by atoms with van der Waals surface area (Å²) < 4.78 is 0. The first-order valence-electron chi connectivity index (χ1n) is 5.41. The Morgan fingerprint density at radius 1 is 1.36 bits per heavy atom. The van der Waals surface area contributed by atoms with Crippen LogP contribution in [0.25, 0.3) is 0 Å². The number of aromatic amines is 1. The molecule has 2 saturated heterocycles. The van der Waals surface area contributed by atoms with Crippen molar-refractivity contribution < 1.29 is 0 Å². The van der Waals surface area contributed by atoms with E-state index in [0.29, 0.717) is 5.92 Å². The van der Waals surface area contributed by atoms with Crippen LogP contribution in [-0.2, 0) is 0 Å². The predicted molar refractivity (Wildman–Crippen MR) is 50.7 cm³/mol. The maximum atomic E-state index is 4.08. The van der Waals surface area contributed by atoms with Gasteiger partial charge in [-0.15, -0.1) is 10.2 Å². The number of fused-ring (bicyclic) bond motifs is 1. The van der Waals surface area contributed by atoms with Crippen molar-refractivity contribution in [2.75, 3.05) is 13.1 Å². The Bertz CT molecular complexity index is 282. The molecule has 0 amide bonds. The van der Waals surface area contributed by atoms with Crippen LogP contribution in [0, 0.1) is 0 Å². The van der Waals surface area contributed by atoms with E-state index in [4.69, 9.17) is 0 Å². The average Bonchev–Trinajstić information content (AvgIpc) is 2.86. The minimum Gasteiger partial charge on any atom is -0.300 e. The Labute approximate surface area is 82.9 Å². The number of nitrogens with zero attached hydrogens (tertiary/aromatic N) is 4. The molecule has 5 nitrogen and oxygen atoms in total. The molecule has 2 atom stereocenters. The largest absolute Gasteiger partial charge is 0.300 e. The molecule has 0 spiro atoms. The van der Waals surface area contributed by atoms with Crippen molar-refractivity contribution in [1.29, 1.82) is 0 Å². The summed E-state index contributed by atoms with van der Waals surface area (Å²) in [4.78, 5) is 2.59. The topological polar surface area (TPSA) is 57.7 Å². The summed E-state index contributed by atoms with van der Waals surface area (Å²) in [5, 5.41) is 14.3. The number of H-pyrrole nitrogens is 1. The first-order chi connectivity index (χ1) is 6.93. The van der Waals surface area contributed by atoms with E-state index in [2.05, 4.69) is 25.5 Å². The zero-order valence-corrected chi connectivity index (χ0v) is 8.19. The number of rotatable bonds is 1. The maximum absolute atomic E-state index is 4.08. The van der Waals surface area contributed by atoms with Crippen molar-refractivity contribution in [3.63, 3.8) is 0 Å². The highest BCUT2D eigenvalue weighted by Gasteiger charge is 2.35. The van der Waals surface area contributed by atoms with E-state index in [9.17, 15) is 0 Å². The monoisotopic (exact) mass is 193 g/mol. The molecule has 1 aromatic heterocycles. The second kappa shape index (κ2) is 3.31. The highest BCUT2D eigenvalue weighted by Crippen LogP contribution is 2.34. The lowest BCUT2D eigenvalue weighted by Gasteiger charge is -2.28. The van der Waals surface area contributed by atoms with Gasteiger partial charge in [0.1, 0.15) is 0 Å². The van der Waals surface area contributed by atoms with Gasteiger partial charge in [0.05, 0.1) is 0 Å². The zero-order chi connectivity index (χ0) is 9.38. The first-order valence-corrected chi connectivity index (χ1v) is 5.41. The number of piperidine rings is 1. The third-order valence-electron chi connectivity index (χ3n) is 3.49. The van der Waals surface area contributed by atoms with Crippen LogP contribution in [0.1, 0.15) is 37.4 Å². The van der Waals surface area contributed by atoms with Gasteiger partial charge in [-0.2, -0.15) is 5.21 Å². The molecule has 1 N–H and O–H groups in total. The predicted octanol–water partition coefficient (Wildman–Crippen LogP) is 0.541. The molecule has 76 valence electrons. The lowest BCUT2D eigenvalue weighted by Crippen LogP contribution is -2.33. The van der Waals surface area contributed by atoms with E-state index >= 15 is 0 Å². The summed E-state index contributed by atoms with van der Waals surface area (Å²) >= 11 is 0. The van der Waals surface area contributed by atoms with Gasteiger partial charge in [-0.1, -0.05) is 11.6 Å². The van der Waals surface area contributed by atoms with Crippen LogP contribution < -0.4 is 0 Å². The van der Waals surface area contributed by atoms with Gasteiger partial charge in [-0.3, -0.25) is 4.90 Å². The van der Waals surface area contributed by atoms with Crippen LogP contribution in [0.3, 0.4) is 0 Å². The van der Waals surface area contributed by atoms with Crippen molar-refractivity contribution in [2.24, 2.45) is 0 Å². The van der Waals surface area contributed by atoms with Gasteiger partial charge >= 0.3 is 0 Å². The normalized spacial score (nSPS) is 33.1. The zero-order valence-electron chi connectivity index (χ0n) is 8.19. The molecule has 0 radical (unpaired) electrons. The minimum absolute atomic E-state index is 0.511. The lowest BCUT2D eigenvalue weighted by atomic mass is 9.99. The molecule has 14 heavy (non-hydrogen) atoms. The third kappa shape index (κ3) is 1.32. The highest BCUT2D eigenvalue weighted by molar-refractivity contribution is 5.01. The minimum atomic E-state index is 0.511. The van der Waals surface area contributed by atoms with Gasteiger partial charge in [0.25, 0.3) is 0 Å². The van der Waals surface area contributed by atoms with Gasteiger partial charge in [0, 0.05) is 18.5 Å². The molecule has 1 aromatic rings. The van der Waals surface area contributed by atoms with E-state index in [-0.39, 0.29) is 0 Å². The molecule has 0 saturated carbocycles. The fraction of sp³-hybridized carbons (Fsp3) is 0.889. The van der Waals surface area contributed by atoms with Crippen LogP contribution in [0.4, 0.5) is 0 Å². The van der Waals surface area contributed by atoms with Crippen LogP contribution in [0.15, 0.2) is 0 Å². The highest BCUT2D eigenvalue weighted by atomic mass is 15.5. The van der Waals surface area contributed by atoms with Crippen LogP contribution in [0.2, 0.25) is 0 Å². The van der Waals surface area contributed by atoms with Crippen molar-refractivity contribution in [1.82, 2.24) is 25.5 Å². The van der Waals surface area contributed by atoms with Crippen molar-refractivity contribution in [3.8, 4) is 0 Å². The van der Waals surface area contributed by atoms with Crippen molar-refractivity contribution in [2.45, 2.75) is 37.6 Å². The smallest absolute Gasteiger partial charge is 0.178 e. The number of hydrogen-bond donors (Lipinski definition) is 1. The Balaban J connectivity index is 1.74. The summed E-state index contributed by atoms with van der Waals surface area (Å²) in [5.41, 5.74) is 0. The van der Waals surface area contributed by atoms with Gasteiger partial charge in [-0.05, 0) is 25.8 Å². The molecular formula is C9H15N5. The summed E-state index contributed by atoms with van der Waals surface area (Å²) in [5.74, 6) is 1.41. The van der Waals surface area contributed by atoms with E-state index in [1.165, 1.54) is 32.2 Å². The van der Waals surface area contributed by atoms with Gasteiger partial charge in [0.2, 0.25) is 0 Å². The molecule has 3 rings (SSSR count). The first kappa shape index (κ1) is 8.35. The number of hydrogen-bond acceptors (Lipinski definition) is 4. The summed E-state index contributed by atoms with van der Waals surface area (Å²) in [7, 11) is 0. The van der Waals surface area contributed by atoms with E-state index in [0.717, 1.165) is 18.4 Å². The number of tetrazole rings is 1. The Morgan fingerprint density at radius 2 is 2.36 bits per heavy atom. The van der Waals surface area contributed by atoms with Gasteiger partial charge in [0.15, 0.2) is 5.82 Å². The number of nitrogens with one attached hydrogen (secondary N) is 1. The molecular weight excluding hydrogens is 178 g/mol. The molecule has 2 aliphatic heterocycles. The van der Waals surface area contributed by atoms with Gasteiger partial charge < -0.3 is 0 Å². The van der Waals surface area contributed by atoms with E-state index in [1.54, 1.807) is 0 Å². The second-order valence-electron chi connectivity index (χ2n) is 4.35. The Hall–Kier alpha value is -0.970. The fourth-order valence-corrected chi connectivity index (χ4v) is 2.78. The maximum Gasteiger partial charge on any atom is 0.178 e. The summed E-state index contributed by atoms with van der Waals surface area (Å²) in [6.45, 7) is 2.39. The Morgan fingerprint density at radius 3 is 3.14 bits per heavy atom. The quantitative estimate of drug-likeness (QED) is 0.707. The van der Waals surface area contributed by atoms with Gasteiger partial charge in [-0.25, -0.2) is 0 Å². The molecule has 0 unspecified atom stereocenters. The summed E-state index contributed by atoms with van der Waals surface area (Å²) in [6.07, 6.45) is 5.32. The fourth-order valence-electron chi connectivity index (χ4n) is 2.78. The van der Waals surface area contributed by atoms with E-state index in [1.807, 2.05) is 0 Å². The molecule has 0 aliphatic carbocycles. The van der Waals surface area contributed by atoms with Crippen LogP contribution in [-0.4, -0.2) is 44.7 Å². The lowest BCUT2D eigenvalue weighted by molar-refractivity contribution is 0.197. The molecule has 3 heterocycles. The molecule has 0 bridgehead atoms. The summed E-state index contributed by atoms with van der Waals surface area (Å²) in [6, 6.07) is 0.784. The molecule has 2 fully saturated rings. The van der Waals surface area contributed by atoms with Crippen LogP contribution in [0.5, 0.6) is 0 Å².